The van der Waals surface area contributed by atoms with E-state index in [4.69, 9.17) is 5.21 Å². The fraction of sp³-hybridized carbons (Fsp3) is 0. The number of amides is 1. The van der Waals surface area contributed by atoms with Crippen LogP contribution in [0.2, 0.25) is 0 Å². The van der Waals surface area contributed by atoms with Crippen molar-refractivity contribution >= 4 is 44.8 Å². The number of carbonyl (C=O) groups excluding carboxylic acids is 1. The number of thioether (sulfide) groups is 1. The molecule has 16 heavy (non-hydrogen) atoms. The Hall–Kier alpha value is -1.27. The summed E-state index contributed by atoms with van der Waals surface area (Å²) in [5, 5.41) is 14.1. The predicted octanol–water partition coefficient (Wildman–Crippen LogP) is 2.40. The third-order valence-electron chi connectivity index (χ3n) is 1.91. The molecule has 1 aliphatic rings. The van der Waals surface area contributed by atoms with Crippen LogP contribution in [0.5, 0.6) is 0 Å². The Balaban J connectivity index is 2.25. The number of carbonyl (C=O) groups is 1. The molecular weight excluding hydrogens is 292 g/mol. The lowest BCUT2D eigenvalue weighted by Crippen LogP contribution is -2.19. The lowest BCUT2D eigenvalue weighted by Gasteiger charge is -1.95. The molecule has 0 spiro atoms. The van der Waals surface area contributed by atoms with Crippen molar-refractivity contribution < 1.29 is 10.0 Å². The van der Waals surface area contributed by atoms with Crippen molar-refractivity contribution in [1.82, 2.24) is 5.32 Å². The van der Waals surface area contributed by atoms with E-state index in [0.717, 1.165) is 21.8 Å². The van der Waals surface area contributed by atoms with Gasteiger partial charge in [0.1, 0.15) is 0 Å². The number of nitrogens with zero attached hydrogens (tertiary/aromatic N) is 1. The maximum atomic E-state index is 11.4. The summed E-state index contributed by atoms with van der Waals surface area (Å²) in [5.74, 6) is -0.249. The Morgan fingerprint density at radius 1 is 1.38 bits per heavy atom. The van der Waals surface area contributed by atoms with Crippen molar-refractivity contribution in [1.29, 1.82) is 0 Å². The molecule has 2 N–H and O–H groups in total. The van der Waals surface area contributed by atoms with E-state index in [1.54, 1.807) is 6.08 Å². The Morgan fingerprint density at radius 2 is 2.06 bits per heavy atom. The molecule has 1 aromatic carbocycles. The third-order valence-corrected chi connectivity index (χ3v) is 3.34. The third kappa shape index (κ3) is 2.45. The van der Waals surface area contributed by atoms with Crippen LogP contribution in [-0.2, 0) is 4.79 Å². The molecule has 0 saturated carbocycles. The average molecular weight is 299 g/mol. The van der Waals surface area contributed by atoms with E-state index in [0.29, 0.717) is 4.91 Å². The number of hydrogen-bond donors (Lipinski definition) is 2. The number of rotatable bonds is 1. The van der Waals surface area contributed by atoms with Crippen LogP contribution in [-0.4, -0.2) is 16.3 Å². The monoisotopic (exact) mass is 298 g/mol. The first kappa shape index (κ1) is 11.2. The Bertz CT molecular complexity index is 482. The van der Waals surface area contributed by atoms with Crippen molar-refractivity contribution in [2.45, 2.75) is 0 Å². The first-order valence-electron chi connectivity index (χ1n) is 4.37. The largest absolute Gasteiger partial charge is 0.409 e. The van der Waals surface area contributed by atoms with Crippen LogP contribution < -0.4 is 5.32 Å². The van der Waals surface area contributed by atoms with E-state index in [-0.39, 0.29) is 11.1 Å². The number of benzene rings is 1. The Kier molecular flexibility index (Phi) is 3.31. The molecule has 4 nitrogen and oxygen atoms in total. The highest BCUT2D eigenvalue weighted by atomic mass is 79.9. The van der Waals surface area contributed by atoms with Gasteiger partial charge in [0, 0.05) is 4.47 Å². The van der Waals surface area contributed by atoms with Crippen LogP contribution in [0.15, 0.2) is 38.8 Å². The first-order valence-corrected chi connectivity index (χ1v) is 5.98. The molecule has 0 atom stereocenters. The molecule has 6 heteroatoms. The van der Waals surface area contributed by atoms with Gasteiger partial charge in [-0.1, -0.05) is 33.2 Å². The van der Waals surface area contributed by atoms with Gasteiger partial charge in [-0.2, -0.15) is 0 Å². The number of hydrogen-bond acceptors (Lipinski definition) is 4. The molecule has 1 fully saturated rings. The predicted molar refractivity (Wildman–Crippen MR) is 67.1 cm³/mol. The van der Waals surface area contributed by atoms with Gasteiger partial charge >= 0.3 is 0 Å². The zero-order valence-electron chi connectivity index (χ0n) is 7.98. The molecular formula is C10H7BrN2O2S. The van der Waals surface area contributed by atoms with Crippen LogP contribution in [0, 0.1) is 0 Å². The van der Waals surface area contributed by atoms with Crippen molar-refractivity contribution in [3.05, 3.63) is 39.2 Å². The van der Waals surface area contributed by atoms with Crippen LogP contribution in [0.3, 0.4) is 0 Å². The van der Waals surface area contributed by atoms with Gasteiger partial charge < -0.3 is 5.21 Å². The minimum Gasteiger partial charge on any atom is -0.409 e. The van der Waals surface area contributed by atoms with Gasteiger partial charge in [0.15, 0.2) is 0 Å². The molecule has 0 bridgehead atoms. The normalized spacial score (nSPS) is 20.4. The highest BCUT2D eigenvalue weighted by molar-refractivity contribution is 9.10. The van der Waals surface area contributed by atoms with Crippen LogP contribution in [0.25, 0.3) is 6.08 Å². The quantitative estimate of drug-likeness (QED) is 0.475. The van der Waals surface area contributed by atoms with Gasteiger partial charge in [-0.25, -0.2) is 0 Å². The molecule has 1 aromatic rings. The smallest absolute Gasteiger partial charge is 0.264 e. The summed E-state index contributed by atoms with van der Waals surface area (Å²) >= 11 is 4.44. The fourth-order valence-corrected chi connectivity index (χ4v) is 2.18. The number of halogens is 1. The van der Waals surface area contributed by atoms with E-state index in [9.17, 15) is 4.79 Å². The second-order valence-corrected chi connectivity index (χ2v) is 4.97. The lowest BCUT2D eigenvalue weighted by molar-refractivity contribution is -0.115. The number of oxime groups is 1. The van der Waals surface area contributed by atoms with Gasteiger partial charge in [0.05, 0.1) is 4.91 Å². The average Bonchev–Trinajstić information content (AvgIpc) is 2.63. The summed E-state index contributed by atoms with van der Waals surface area (Å²) in [6.07, 6.45) is 1.74. The molecule has 0 unspecified atom stereocenters. The van der Waals surface area contributed by atoms with E-state index >= 15 is 0 Å². The summed E-state index contributed by atoms with van der Waals surface area (Å²) in [7, 11) is 0. The van der Waals surface area contributed by atoms with Crippen LogP contribution >= 0.6 is 27.7 Å². The molecule has 1 heterocycles. The van der Waals surface area contributed by atoms with Crippen molar-refractivity contribution in [3.63, 3.8) is 0 Å². The summed E-state index contributed by atoms with van der Waals surface area (Å²) in [5.41, 5.74) is 0.917. The molecule has 0 aliphatic carbocycles. The van der Waals surface area contributed by atoms with Crippen molar-refractivity contribution in [2.24, 2.45) is 5.16 Å². The zero-order chi connectivity index (χ0) is 11.5. The van der Waals surface area contributed by atoms with Crippen molar-refractivity contribution in [3.8, 4) is 0 Å². The highest BCUT2D eigenvalue weighted by Gasteiger charge is 2.23. The minimum atomic E-state index is -0.249. The topological polar surface area (TPSA) is 61.7 Å². The molecule has 0 radical (unpaired) electrons. The molecule has 82 valence electrons. The molecule has 0 aromatic heterocycles. The first-order chi connectivity index (χ1) is 7.69. The summed E-state index contributed by atoms with van der Waals surface area (Å²) < 4.78 is 0.982. The molecule has 1 saturated heterocycles. The van der Waals surface area contributed by atoms with Gasteiger partial charge in [-0.3, -0.25) is 10.1 Å². The maximum Gasteiger partial charge on any atom is 0.264 e. The summed E-state index contributed by atoms with van der Waals surface area (Å²) in [4.78, 5) is 11.9. The Morgan fingerprint density at radius 3 is 2.62 bits per heavy atom. The van der Waals surface area contributed by atoms with Crippen LogP contribution in [0.1, 0.15) is 5.56 Å². The second-order valence-electron chi connectivity index (χ2n) is 3.02. The van der Waals surface area contributed by atoms with Gasteiger partial charge in [-0.05, 0) is 35.5 Å². The van der Waals surface area contributed by atoms with E-state index < -0.39 is 0 Å². The number of nitrogens with one attached hydrogen (secondary N) is 1. The van der Waals surface area contributed by atoms with Crippen LogP contribution in [0.4, 0.5) is 0 Å². The van der Waals surface area contributed by atoms with E-state index in [2.05, 4.69) is 26.4 Å². The van der Waals surface area contributed by atoms with E-state index in [1.165, 1.54) is 0 Å². The standard InChI is InChI=1S/C10H7BrN2O2S/c11-7-3-1-6(2-4-7)5-8-9(14)12-10(13-15)16-8/h1-5,15H,(H,12,13,14). The molecule has 1 amide bonds. The van der Waals surface area contributed by atoms with Crippen molar-refractivity contribution in [2.75, 3.05) is 0 Å². The fourth-order valence-electron chi connectivity index (χ4n) is 1.19. The van der Waals surface area contributed by atoms with Gasteiger partial charge in [-0.15, -0.1) is 0 Å². The summed E-state index contributed by atoms with van der Waals surface area (Å²) in [6.45, 7) is 0. The maximum absolute atomic E-state index is 11.4. The summed E-state index contributed by atoms with van der Waals surface area (Å²) in [6, 6.07) is 7.56. The minimum absolute atomic E-state index is 0.202. The number of amidine groups is 1. The van der Waals surface area contributed by atoms with E-state index in [1.807, 2.05) is 24.3 Å². The molecule has 1 aliphatic heterocycles. The molecule has 2 rings (SSSR count). The van der Waals surface area contributed by atoms with Gasteiger partial charge in [0.2, 0.25) is 5.17 Å². The van der Waals surface area contributed by atoms with Gasteiger partial charge in [0.25, 0.3) is 5.91 Å². The Labute approximate surface area is 105 Å². The SMILES string of the molecule is O=C1N/C(=N\O)SC1=Cc1ccc(Br)cc1. The second kappa shape index (κ2) is 4.71. The zero-order valence-corrected chi connectivity index (χ0v) is 10.4. The lowest BCUT2D eigenvalue weighted by atomic mass is 10.2. The highest BCUT2D eigenvalue weighted by Crippen LogP contribution is 2.25.